The van der Waals surface area contributed by atoms with Gasteiger partial charge in [-0.15, -0.1) is 0 Å². The first-order chi connectivity index (χ1) is 7.06. The summed E-state index contributed by atoms with van der Waals surface area (Å²) in [6, 6.07) is 0. The third-order valence-electron chi connectivity index (χ3n) is 2.95. The van der Waals surface area contributed by atoms with Gasteiger partial charge < -0.3 is 16.0 Å². The maximum absolute atomic E-state index is 11.9. The summed E-state index contributed by atoms with van der Waals surface area (Å²) in [5.74, 6) is -0.0445. The second-order valence-corrected chi connectivity index (χ2v) is 4.03. The van der Waals surface area contributed by atoms with E-state index in [1.54, 1.807) is 0 Å². The lowest BCUT2D eigenvalue weighted by Gasteiger charge is -2.34. The number of likely N-dealkylation sites (N-methyl/N-ethyl adjacent to an activating group) is 1. The molecule has 0 aromatic carbocycles. The van der Waals surface area contributed by atoms with Crippen molar-refractivity contribution in [3.05, 3.63) is 0 Å². The van der Waals surface area contributed by atoms with Gasteiger partial charge >= 0.3 is 0 Å². The van der Waals surface area contributed by atoms with Gasteiger partial charge in [0.05, 0.1) is 6.54 Å². The molecule has 1 aliphatic rings. The molecule has 1 fully saturated rings. The molecule has 0 spiro atoms. The lowest BCUT2D eigenvalue weighted by Crippen LogP contribution is -2.51. The lowest BCUT2D eigenvalue weighted by atomic mass is 9.88. The number of hydrogen-bond donors (Lipinski definition) is 2. The molecule has 1 unspecified atom stereocenters. The minimum atomic E-state index is -0.455. The number of carbonyl (C=O) groups excluding carboxylic acids is 2. The summed E-state index contributed by atoms with van der Waals surface area (Å²) in [6.07, 6.45) is 0. The van der Waals surface area contributed by atoms with Crippen molar-refractivity contribution < 1.29 is 9.59 Å². The average Bonchev–Trinajstić information content (AvgIpc) is 2.09. The minimum absolute atomic E-state index is 0.0226. The van der Waals surface area contributed by atoms with Crippen molar-refractivity contribution in [1.29, 1.82) is 0 Å². The number of carbonyl (C=O) groups is 2. The van der Waals surface area contributed by atoms with E-state index in [-0.39, 0.29) is 18.4 Å². The van der Waals surface area contributed by atoms with Crippen LogP contribution in [0.4, 0.5) is 0 Å². The second-order valence-electron chi connectivity index (χ2n) is 4.03. The minimum Gasteiger partial charge on any atom is -0.368 e. The summed E-state index contributed by atoms with van der Waals surface area (Å²) < 4.78 is 0. The molecule has 5 nitrogen and oxygen atoms in total. The Morgan fingerprint density at radius 2 is 2.13 bits per heavy atom. The van der Waals surface area contributed by atoms with Crippen LogP contribution >= 0.6 is 0 Å². The van der Waals surface area contributed by atoms with Crippen LogP contribution in [0.3, 0.4) is 0 Å². The van der Waals surface area contributed by atoms with Gasteiger partial charge in [0.25, 0.3) is 0 Å². The van der Waals surface area contributed by atoms with Crippen molar-refractivity contribution in [1.82, 2.24) is 10.2 Å². The molecule has 0 aromatic heterocycles. The summed E-state index contributed by atoms with van der Waals surface area (Å²) in [6.45, 7) is 6.11. The van der Waals surface area contributed by atoms with E-state index in [0.29, 0.717) is 12.5 Å². The quantitative estimate of drug-likeness (QED) is 0.626. The van der Waals surface area contributed by atoms with E-state index in [1.165, 1.54) is 4.90 Å². The molecule has 15 heavy (non-hydrogen) atoms. The van der Waals surface area contributed by atoms with Gasteiger partial charge in [0.15, 0.2) is 0 Å². The Bertz CT molecular complexity index is 251. The number of hydrogen-bond acceptors (Lipinski definition) is 3. The molecule has 3 N–H and O–H groups in total. The van der Waals surface area contributed by atoms with Crippen LogP contribution in [-0.4, -0.2) is 42.9 Å². The average molecular weight is 213 g/mol. The van der Waals surface area contributed by atoms with Crippen LogP contribution < -0.4 is 11.1 Å². The van der Waals surface area contributed by atoms with E-state index < -0.39 is 5.91 Å². The van der Waals surface area contributed by atoms with Crippen LogP contribution in [-0.2, 0) is 9.59 Å². The number of nitrogens with two attached hydrogens (primary N) is 1. The summed E-state index contributed by atoms with van der Waals surface area (Å²) in [5, 5.41) is 3.13. The Morgan fingerprint density at radius 1 is 1.53 bits per heavy atom. The van der Waals surface area contributed by atoms with Crippen LogP contribution in [0.1, 0.15) is 13.8 Å². The predicted molar refractivity (Wildman–Crippen MR) is 57.0 cm³/mol. The summed E-state index contributed by atoms with van der Waals surface area (Å²) in [5.41, 5.74) is 5.08. The second kappa shape index (κ2) is 5.11. The zero-order chi connectivity index (χ0) is 11.4. The van der Waals surface area contributed by atoms with Gasteiger partial charge in [-0.3, -0.25) is 9.59 Å². The smallest absolute Gasteiger partial charge is 0.237 e. The molecule has 5 heteroatoms. The molecule has 0 aromatic rings. The summed E-state index contributed by atoms with van der Waals surface area (Å²) in [7, 11) is 0. The van der Waals surface area contributed by atoms with E-state index in [0.717, 1.165) is 13.1 Å². The first-order valence-corrected chi connectivity index (χ1v) is 5.34. The van der Waals surface area contributed by atoms with E-state index in [9.17, 15) is 9.59 Å². The molecule has 86 valence electrons. The first-order valence-electron chi connectivity index (χ1n) is 5.34. The fourth-order valence-electron chi connectivity index (χ4n) is 1.69. The Hall–Kier alpha value is -1.10. The molecular formula is C10H19N3O2. The number of rotatable bonds is 5. The highest BCUT2D eigenvalue weighted by atomic mass is 16.2. The number of amides is 2. The SMILES string of the molecule is CCN(CC(N)=O)C(=O)C(C)C1CNC1. The van der Waals surface area contributed by atoms with Gasteiger partial charge in [-0.2, -0.15) is 0 Å². The molecule has 0 radical (unpaired) electrons. The van der Waals surface area contributed by atoms with E-state index in [4.69, 9.17) is 5.73 Å². The van der Waals surface area contributed by atoms with E-state index in [1.807, 2.05) is 13.8 Å². The van der Waals surface area contributed by atoms with Gasteiger partial charge in [-0.25, -0.2) is 0 Å². The summed E-state index contributed by atoms with van der Waals surface area (Å²) >= 11 is 0. The molecule has 1 rings (SSSR count). The molecule has 1 aliphatic heterocycles. The Labute approximate surface area is 90.0 Å². The normalized spacial score (nSPS) is 18.0. The van der Waals surface area contributed by atoms with Crippen LogP contribution in [0.5, 0.6) is 0 Å². The van der Waals surface area contributed by atoms with Gasteiger partial charge in [0.1, 0.15) is 0 Å². The molecule has 2 amide bonds. The van der Waals surface area contributed by atoms with Gasteiger partial charge in [0.2, 0.25) is 11.8 Å². The Morgan fingerprint density at radius 3 is 2.47 bits per heavy atom. The topological polar surface area (TPSA) is 75.4 Å². The number of primary amides is 1. The molecule has 1 heterocycles. The van der Waals surface area contributed by atoms with Crippen molar-refractivity contribution in [2.75, 3.05) is 26.2 Å². The molecule has 0 saturated carbocycles. The van der Waals surface area contributed by atoms with Crippen LogP contribution in [0.15, 0.2) is 0 Å². The molecule has 0 bridgehead atoms. The highest BCUT2D eigenvalue weighted by Crippen LogP contribution is 2.18. The molecule has 1 atom stereocenters. The van der Waals surface area contributed by atoms with Crippen LogP contribution in [0.25, 0.3) is 0 Å². The van der Waals surface area contributed by atoms with E-state index >= 15 is 0 Å². The van der Waals surface area contributed by atoms with Crippen molar-refractivity contribution >= 4 is 11.8 Å². The van der Waals surface area contributed by atoms with E-state index in [2.05, 4.69) is 5.32 Å². The molecule has 1 saturated heterocycles. The van der Waals surface area contributed by atoms with Gasteiger partial charge in [-0.05, 0) is 25.9 Å². The van der Waals surface area contributed by atoms with Crippen molar-refractivity contribution in [2.45, 2.75) is 13.8 Å². The zero-order valence-corrected chi connectivity index (χ0v) is 9.32. The Kier molecular flexibility index (Phi) is 4.08. The largest absolute Gasteiger partial charge is 0.368 e. The molecule has 0 aliphatic carbocycles. The third kappa shape index (κ3) is 2.92. The van der Waals surface area contributed by atoms with Crippen LogP contribution in [0.2, 0.25) is 0 Å². The van der Waals surface area contributed by atoms with Crippen molar-refractivity contribution in [3.63, 3.8) is 0 Å². The third-order valence-corrected chi connectivity index (χ3v) is 2.95. The van der Waals surface area contributed by atoms with Gasteiger partial charge in [-0.1, -0.05) is 6.92 Å². The fourth-order valence-corrected chi connectivity index (χ4v) is 1.69. The van der Waals surface area contributed by atoms with Crippen molar-refractivity contribution in [2.24, 2.45) is 17.6 Å². The standard InChI is InChI=1S/C10H19N3O2/c1-3-13(6-9(11)14)10(15)7(2)8-4-12-5-8/h7-8,12H,3-6H2,1-2H3,(H2,11,14). The number of nitrogens with zero attached hydrogens (tertiary/aromatic N) is 1. The summed E-state index contributed by atoms with van der Waals surface area (Å²) in [4.78, 5) is 24.2. The maximum Gasteiger partial charge on any atom is 0.237 e. The fraction of sp³-hybridized carbons (Fsp3) is 0.800. The first kappa shape index (κ1) is 12.0. The Balaban J connectivity index is 2.50. The highest BCUT2D eigenvalue weighted by molar-refractivity contribution is 5.85. The maximum atomic E-state index is 11.9. The lowest BCUT2D eigenvalue weighted by molar-refractivity contribution is -0.140. The highest BCUT2D eigenvalue weighted by Gasteiger charge is 2.31. The predicted octanol–water partition coefficient (Wildman–Crippen LogP) is -0.824. The number of nitrogens with one attached hydrogen (secondary N) is 1. The van der Waals surface area contributed by atoms with Crippen molar-refractivity contribution in [3.8, 4) is 0 Å². The monoisotopic (exact) mass is 213 g/mol. The van der Waals surface area contributed by atoms with Gasteiger partial charge in [0, 0.05) is 12.5 Å². The molecular weight excluding hydrogens is 194 g/mol. The zero-order valence-electron chi connectivity index (χ0n) is 9.32. The van der Waals surface area contributed by atoms with Crippen LogP contribution in [0, 0.1) is 11.8 Å².